The molecule has 122 valence electrons. The molecule has 0 saturated carbocycles. The third-order valence-electron chi connectivity index (χ3n) is 3.61. The van der Waals surface area contributed by atoms with E-state index in [9.17, 15) is 13.2 Å². The van der Waals surface area contributed by atoms with Crippen molar-refractivity contribution < 1.29 is 13.2 Å². The highest BCUT2D eigenvalue weighted by Crippen LogP contribution is 2.22. The Morgan fingerprint density at radius 1 is 1.17 bits per heavy atom. The van der Waals surface area contributed by atoms with Gasteiger partial charge in [0.25, 0.3) is 0 Å². The number of nitrogens with one attached hydrogen (secondary N) is 1. The van der Waals surface area contributed by atoms with Crippen molar-refractivity contribution in [3.05, 3.63) is 36.9 Å². The lowest BCUT2D eigenvalue weighted by Gasteiger charge is -2.15. The number of hydrogen-bond acceptors (Lipinski definition) is 5. The van der Waals surface area contributed by atoms with E-state index in [2.05, 4.69) is 15.4 Å². The van der Waals surface area contributed by atoms with Gasteiger partial charge in [-0.1, -0.05) is 0 Å². The number of anilines is 1. The third kappa shape index (κ3) is 3.57. The molecule has 2 heterocycles. The molecule has 1 aliphatic rings. The molecule has 1 N–H and O–H groups in total. The van der Waals surface area contributed by atoms with Crippen molar-refractivity contribution in [2.45, 2.75) is 24.3 Å². The van der Waals surface area contributed by atoms with Crippen LogP contribution in [0.2, 0.25) is 0 Å². The second-order valence-corrected chi connectivity index (χ2v) is 7.21. The van der Waals surface area contributed by atoms with Crippen LogP contribution >= 0.6 is 0 Å². The van der Waals surface area contributed by atoms with Crippen LogP contribution in [0.25, 0.3) is 0 Å². The van der Waals surface area contributed by atoms with Gasteiger partial charge >= 0.3 is 0 Å². The van der Waals surface area contributed by atoms with Crippen LogP contribution in [0.3, 0.4) is 0 Å². The summed E-state index contributed by atoms with van der Waals surface area (Å²) in [5.74, 6) is -0.259. The molecule has 1 aromatic carbocycles. The fraction of sp³-hybridized carbons (Fsp3) is 0.357. The molecule has 1 saturated heterocycles. The molecule has 0 unspecified atom stereocenters. The number of aromatic nitrogens is 3. The standard InChI is InChI=1S/C14H17N5O3S/c20-14(9-18-11-15-10-16-18)17-12-3-5-13(6-4-12)23(21,22)19-7-1-2-8-19/h3-6,10-11H,1-2,7-9H2,(H,17,20). The SMILES string of the molecule is O=C(Cn1cncn1)Nc1ccc(S(=O)(=O)N2CCCC2)cc1. The van der Waals surface area contributed by atoms with Crippen LogP contribution in [0.15, 0.2) is 41.8 Å². The number of hydrogen-bond donors (Lipinski definition) is 1. The highest BCUT2D eigenvalue weighted by molar-refractivity contribution is 7.89. The van der Waals surface area contributed by atoms with Crippen molar-refractivity contribution in [3.63, 3.8) is 0 Å². The van der Waals surface area contributed by atoms with Gasteiger partial charge in [0.1, 0.15) is 19.2 Å². The molecule has 9 heteroatoms. The molecule has 1 fully saturated rings. The third-order valence-corrected chi connectivity index (χ3v) is 5.53. The number of sulfonamides is 1. The molecule has 23 heavy (non-hydrogen) atoms. The summed E-state index contributed by atoms with van der Waals surface area (Å²) >= 11 is 0. The lowest BCUT2D eigenvalue weighted by atomic mass is 10.3. The first-order valence-corrected chi connectivity index (χ1v) is 8.72. The van der Waals surface area contributed by atoms with Gasteiger partial charge < -0.3 is 5.32 Å². The van der Waals surface area contributed by atoms with Crippen LogP contribution in [-0.4, -0.2) is 46.5 Å². The summed E-state index contributed by atoms with van der Waals surface area (Å²) in [5.41, 5.74) is 0.537. The lowest BCUT2D eigenvalue weighted by molar-refractivity contribution is -0.116. The molecular weight excluding hydrogens is 318 g/mol. The first-order valence-electron chi connectivity index (χ1n) is 7.28. The Balaban J connectivity index is 1.66. The Morgan fingerprint density at radius 3 is 2.48 bits per heavy atom. The fourth-order valence-electron chi connectivity index (χ4n) is 2.45. The summed E-state index contributed by atoms with van der Waals surface area (Å²) < 4.78 is 27.7. The molecule has 2 aromatic rings. The first-order chi connectivity index (χ1) is 11.1. The van der Waals surface area contributed by atoms with Gasteiger partial charge in [0.15, 0.2) is 0 Å². The van der Waals surface area contributed by atoms with E-state index in [0.717, 1.165) is 12.8 Å². The molecule has 0 aliphatic carbocycles. The Bertz CT molecular complexity index is 765. The van der Waals surface area contributed by atoms with Crippen LogP contribution in [0, 0.1) is 0 Å². The number of benzene rings is 1. The van der Waals surface area contributed by atoms with E-state index in [0.29, 0.717) is 18.8 Å². The number of carbonyl (C=O) groups is 1. The highest BCUT2D eigenvalue weighted by Gasteiger charge is 2.26. The van der Waals surface area contributed by atoms with E-state index < -0.39 is 10.0 Å². The van der Waals surface area contributed by atoms with Crippen LogP contribution in [0.5, 0.6) is 0 Å². The molecule has 1 amide bonds. The van der Waals surface area contributed by atoms with Crippen molar-refractivity contribution in [1.29, 1.82) is 0 Å². The summed E-state index contributed by atoms with van der Waals surface area (Å²) in [6.07, 6.45) is 4.60. The zero-order valence-electron chi connectivity index (χ0n) is 12.4. The molecular formula is C14H17N5O3S. The Kier molecular flexibility index (Phi) is 4.39. The number of rotatable bonds is 5. The summed E-state index contributed by atoms with van der Waals surface area (Å²) in [6, 6.07) is 6.20. The van der Waals surface area contributed by atoms with Gasteiger partial charge in [0.2, 0.25) is 15.9 Å². The molecule has 0 bridgehead atoms. The minimum Gasteiger partial charge on any atom is -0.324 e. The van der Waals surface area contributed by atoms with Crippen LogP contribution in [0.1, 0.15) is 12.8 Å². The van der Waals surface area contributed by atoms with Gasteiger partial charge in [-0.2, -0.15) is 9.40 Å². The van der Waals surface area contributed by atoms with E-state index in [1.54, 1.807) is 12.1 Å². The highest BCUT2D eigenvalue weighted by atomic mass is 32.2. The quantitative estimate of drug-likeness (QED) is 0.867. The van der Waals surface area contributed by atoms with Gasteiger partial charge in [-0.3, -0.25) is 4.79 Å². The summed E-state index contributed by atoms with van der Waals surface area (Å²) in [7, 11) is -3.43. The van der Waals surface area contributed by atoms with Crippen LogP contribution < -0.4 is 5.32 Å². The van der Waals surface area contributed by atoms with E-state index in [-0.39, 0.29) is 17.3 Å². The first kappa shape index (κ1) is 15.6. The minimum atomic E-state index is -3.43. The molecule has 3 rings (SSSR count). The van der Waals surface area contributed by atoms with Gasteiger partial charge in [0, 0.05) is 18.8 Å². The van der Waals surface area contributed by atoms with E-state index in [4.69, 9.17) is 0 Å². The summed E-state index contributed by atoms with van der Waals surface area (Å²) in [6.45, 7) is 1.19. The predicted octanol–water partition coefficient (Wildman–Crippen LogP) is 0.701. The molecule has 1 aromatic heterocycles. The lowest BCUT2D eigenvalue weighted by Crippen LogP contribution is -2.27. The average Bonchev–Trinajstić information content (AvgIpc) is 3.21. The average molecular weight is 335 g/mol. The van der Waals surface area contributed by atoms with Gasteiger partial charge in [-0.25, -0.2) is 18.1 Å². The van der Waals surface area contributed by atoms with E-state index >= 15 is 0 Å². The molecule has 0 spiro atoms. The zero-order chi connectivity index (χ0) is 16.3. The topological polar surface area (TPSA) is 97.2 Å². The largest absolute Gasteiger partial charge is 0.324 e. The molecule has 0 atom stereocenters. The number of nitrogens with zero attached hydrogens (tertiary/aromatic N) is 4. The van der Waals surface area contributed by atoms with Crippen molar-refractivity contribution in [3.8, 4) is 0 Å². The van der Waals surface area contributed by atoms with E-state index in [1.807, 2.05) is 0 Å². The zero-order valence-corrected chi connectivity index (χ0v) is 13.2. The predicted molar refractivity (Wildman–Crippen MR) is 83.1 cm³/mol. The monoisotopic (exact) mass is 335 g/mol. The Morgan fingerprint density at radius 2 is 1.87 bits per heavy atom. The summed E-state index contributed by atoms with van der Waals surface area (Å²) in [5, 5.41) is 6.54. The van der Waals surface area contributed by atoms with Gasteiger partial charge in [-0.15, -0.1) is 0 Å². The molecule has 0 radical (unpaired) electrons. The van der Waals surface area contributed by atoms with Crippen molar-refractivity contribution in [1.82, 2.24) is 19.1 Å². The van der Waals surface area contributed by atoms with Gasteiger partial charge in [-0.05, 0) is 37.1 Å². The van der Waals surface area contributed by atoms with E-state index in [1.165, 1.54) is 33.8 Å². The molecule has 8 nitrogen and oxygen atoms in total. The Hall–Kier alpha value is -2.26. The Labute approximate surface area is 134 Å². The van der Waals surface area contributed by atoms with Crippen molar-refractivity contribution >= 4 is 21.6 Å². The number of amides is 1. The van der Waals surface area contributed by atoms with Gasteiger partial charge in [0.05, 0.1) is 4.90 Å². The van der Waals surface area contributed by atoms with Crippen molar-refractivity contribution in [2.75, 3.05) is 18.4 Å². The maximum absolute atomic E-state index is 12.4. The second kappa shape index (κ2) is 6.47. The number of carbonyl (C=O) groups excluding carboxylic acids is 1. The summed E-state index contributed by atoms with van der Waals surface area (Å²) in [4.78, 5) is 15.8. The minimum absolute atomic E-state index is 0.0494. The maximum Gasteiger partial charge on any atom is 0.246 e. The normalized spacial score (nSPS) is 15.7. The fourth-order valence-corrected chi connectivity index (χ4v) is 3.97. The van der Waals surface area contributed by atoms with Crippen molar-refractivity contribution in [2.24, 2.45) is 0 Å². The van der Waals surface area contributed by atoms with Crippen LogP contribution in [0.4, 0.5) is 5.69 Å². The smallest absolute Gasteiger partial charge is 0.246 e. The maximum atomic E-state index is 12.4. The second-order valence-electron chi connectivity index (χ2n) is 5.28. The van der Waals surface area contributed by atoms with Crippen LogP contribution in [-0.2, 0) is 21.4 Å². The molecule has 1 aliphatic heterocycles.